The van der Waals surface area contributed by atoms with Crippen LogP contribution in [0.25, 0.3) is 0 Å². The molecular formula is C21H28N4O2S. The molecule has 0 saturated heterocycles. The van der Waals surface area contributed by atoms with Gasteiger partial charge in [-0.05, 0) is 31.9 Å². The molecule has 1 saturated carbocycles. The Labute approximate surface area is 170 Å². The van der Waals surface area contributed by atoms with Gasteiger partial charge in [0.25, 0.3) is 0 Å². The molecule has 1 aromatic carbocycles. The highest BCUT2D eigenvalue weighted by molar-refractivity contribution is 8.00. The number of thioether (sulfide) groups is 1. The highest BCUT2D eigenvalue weighted by Crippen LogP contribution is 2.34. The number of anilines is 1. The van der Waals surface area contributed by atoms with Crippen molar-refractivity contribution >= 4 is 23.4 Å². The number of methoxy groups -OCH3 is 1. The molecule has 28 heavy (non-hydrogen) atoms. The molecule has 0 aliphatic heterocycles. The summed E-state index contributed by atoms with van der Waals surface area (Å²) in [6.45, 7) is 6.41. The van der Waals surface area contributed by atoms with Gasteiger partial charge in [-0.25, -0.2) is 0 Å². The molecule has 2 aromatic rings. The van der Waals surface area contributed by atoms with Crippen LogP contribution in [0.4, 0.5) is 5.69 Å². The Bertz CT molecular complexity index is 814. The Balaban J connectivity index is 1.70. The summed E-state index contributed by atoms with van der Waals surface area (Å²) in [4.78, 5) is 12.6. The Morgan fingerprint density at radius 2 is 2.18 bits per heavy atom. The Hall–Kier alpha value is -2.28. The number of benzene rings is 1. The highest BCUT2D eigenvalue weighted by atomic mass is 32.2. The van der Waals surface area contributed by atoms with Crippen molar-refractivity contribution in [3.63, 3.8) is 0 Å². The van der Waals surface area contributed by atoms with Crippen molar-refractivity contribution in [2.75, 3.05) is 12.4 Å². The van der Waals surface area contributed by atoms with Gasteiger partial charge in [0.1, 0.15) is 11.6 Å². The van der Waals surface area contributed by atoms with Gasteiger partial charge in [-0.1, -0.05) is 43.2 Å². The Kier molecular flexibility index (Phi) is 7.14. The topological polar surface area (TPSA) is 69.0 Å². The first-order valence-corrected chi connectivity index (χ1v) is 10.7. The van der Waals surface area contributed by atoms with E-state index in [0.717, 1.165) is 23.8 Å². The molecule has 0 unspecified atom stereocenters. The Morgan fingerprint density at radius 1 is 1.39 bits per heavy atom. The van der Waals surface area contributed by atoms with Gasteiger partial charge in [0, 0.05) is 24.2 Å². The van der Waals surface area contributed by atoms with Crippen LogP contribution < -0.4 is 10.1 Å². The van der Waals surface area contributed by atoms with Crippen LogP contribution in [0.3, 0.4) is 0 Å². The maximum Gasteiger partial charge on any atom is 0.237 e. The number of nitrogens with zero attached hydrogens (tertiary/aromatic N) is 3. The van der Waals surface area contributed by atoms with E-state index in [1.165, 1.54) is 31.0 Å². The predicted molar refractivity (Wildman–Crippen MR) is 113 cm³/mol. The zero-order valence-electron chi connectivity index (χ0n) is 16.6. The molecule has 0 bridgehead atoms. The van der Waals surface area contributed by atoms with E-state index in [-0.39, 0.29) is 11.2 Å². The van der Waals surface area contributed by atoms with Gasteiger partial charge in [0.05, 0.1) is 12.4 Å². The van der Waals surface area contributed by atoms with Crippen molar-refractivity contribution in [1.29, 1.82) is 0 Å². The van der Waals surface area contributed by atoms with Gasteiger partial charge in [-0.2, -0.15) is 0 Å². The van der Waals surface area contributed by atoms with E-state index < -0.39 is 0 Å². The molecule has 7 heteroatoms. The molecular weight excluding hydrogens is 372 g/mol. The summed E-state index contributed by atoms with van der Waals surface area (Å²) in [6, 6.07) is 7.34. The Morgan fingerprint density at radius 3 is 2.89 bits per heavy atom. The summed E-state index contributed by atoms with van der Waals surface area (Å²) >= 11 is 1.43. The number of ether oxygens (including phenoxy) is 1. The molecule has 1 aromatic heterocycles. The second-order valence-electron chi connectivity index (χ2n) is 7.06. The minimum absolute atomic E-state index is 0.0781. The smallest absolute Gasteiger partial charge is 0.237 e. The second-order valence-corrected chi connectivity index (χ2v) is 8.36. The molecule has 3 rings (SSSR count). The summed E-state index contributed by atoms with van der Waals surface area (Å²) in [5.74, 6) is 2.12. The largest absolute Gasteiger partial charge is 0.497 e. The number of rotatable bonds is 8. The minimum atomic E-state index is -0.307. The number of amides is 1. The van der Waals surface area contributed by atoms with E-state index in [1.54, 1.807) is 13.2 Å². The normalized spacial score (nSPS) is 15.8. The van der Waals surface area contributed by atoms with Crippen molar-refractivity contribution < 1.29 is 9.53 Å². The molecule has 1 fully saturated rings. The van der Waals surface area contributed by atoms with Crippen molar-refractivity contribution in [1.82, 2.24) is 14.8 Å². The number of hydrogen-bond donors (Lipinski definition) is 1. The fourth-order valence-corrected chi connectivity index (χ4v) is 4.37. The zero-order chi connectivity index (χ0) is 19.9. The molecule has 1 atom stereocenters. The number of carbonyl (C=O) groups is 1. The summed E-state index contributed by atoms with van der Waals surface area (Å²) < 4.78 is 7.32. The molecule has 6 nitrogen and oxygen atoms in total. The number of nitrogens with one attached hydrogen (secondary N) is 1. The third kappa shape index (κ3) is 4.95. The zero-order valence-corrected chi connectivity index (χ0v) is 17.4. The van der Waals surface area contributed by atoms with E-state index in [1.807, 2.05) is 31.2 Å². The van der Waals surface area contributed by atoms with Crippen LogP contribution in [0.2, 0.25) is 0 Å². The third-order valence-corrected chi connectivity index (χ3v) is 6.10. The lowest BCUT2D eigenvalue weighted by molar-refractivity contribution is -0.115. The average Bonchev–Trinajstić information content (AvgIpc) is 3.11. The first-order chi connectivity index (χ1) is 13.6. The van der Waals surface area contributed by atoms with Crippen LogP contribution in [-0.2, 0) is 11.3 Å². The van der Waals surface area contributed by atoms with Crippen molar-refractivity contribution in [3.05, 3.63) is 42.7 Å². The monoisotopic (exact) mass is 400 g/mol. The standard InChI is InChI=1S/C21H28N4O2S/c1-4-13-25-19(16-9-6-5-7-10-16)23-24-21(25)28-15(2)20(26)22-17-11-8-12-18(14-17)27-3/h4,8,11-12,14-16H,1,5-7,9-10,13H2,2-3H3,(H,22,26)/t15-/m1/s1. The average molecular weight is 401 g/mol. The summed E-state index contributed by atoms with van der Waals surface area (Å²) in [7, 11) is 1.61. The first kappa shape index (κ1) is 20.5. The highest BCUT2D eigenvalue weighted by Gasteiger charge is 2.25. The lowest BCUT2D eigenvalue weighted by Gasteiger charge is -2.21. The SMILES string of the molecule is C=CCn1c(S[C@H](C)C(=O)Nc2cccc(OC)c2)nnc1C1CCCCC1. The van der Waals surface area contributed by atoms with Gasteiger partial charge in [0.2, 0.25) is 5.91 Å². The van der Waals surface area contributed by atoms with Crippen LogP contribution in [0.1, 0.15) is 50.8 Å². The molecule has 0 spiro atoms. The number of aromatic nitrogens is 3. The maximum atomic E-state index is 12.6. The molecule has 1 amide bonds. The van der Waals surface area contributed by atoms with Crippen molar-refractivity contribution in [2.45, 2.75) is 61.9 Å². The molecule has 1 aliphatic rings. The van der Waals surface area contributed by atoms with E-state index in [9.17, 15) is 4.79 Å². The molecule has 1 heterocycles. The number of carbonyl (C=O) groups excluding carboxylic acids is 1. The minimum Gasteiger partial charge on any atom is -0.497 e. The fraction of sp³-hybridized carbons (Fsp3) is 0.476. The van der Waals surface area contributed by atoms with Gasteiger partial charge >= 0.3 is 0 Å². The lowest BCUT2D eigenvalue weighted by Crippen LogP contribution is -2.23. The van der Waals surface area contributed by atoms with Crippen LogP contribution in [0.15, 0.2) is 42.1 Å². The third-order valence-electron chi connectivity index (χ3n) is 5.02. The van der Waals surface area contributed by atoms with Crippen molar-refractivity contribution in [3.8, 4) is 5.75 Å². The van der Waals surface area contributed by atoms with Gasteiger partial charge < -0.3 is 14.6 Å². The van der Waals surface area contributed by atoms with Gasteiger partial charge in [0.15, 0.2) is 5.16 Å². The van der Waals surface area contributed by atoms with E-state index in [2.05, 4.69) is 26.7 Å². The van der Waals surface area contributed by atoms with E-state index in [4.69, 9.17) is 4.74 Å². The fourth-order valence-electron chi connectivity index (χ4n) is 3.51. The predicted octanol–water partition coefficient (Wildman–Crippen LogP) is 4.64. The van der Waals surface area contributed by atoms with Crippen LogP contribution >= 0.6 is 11.8 Å². The van der Waals surface area contributed by atoms with Gasteiger partial charge in [-0.15, -0.1) is 16.8 Å². The van der Waals surface area contributed by atoms with Crippen LogP contribution in [0.5, 0.6) is 5.75 Å². The van der Waals surface area contributed by atoms with E-state index in [0.29, 0.717) is 23.9 Å². The number of allylic oxidation sites excluding steroid dienone is 1. The van der Waals surface area contributed by atoms with E-state index >= 15 is 0 Å². The quantitative estimate of drug-likeness (QED) is 0.516. The molecule has 0 radical (unpaired) electrons. The first-order valence-electron chi connectivity index (χ1n) is 9.78. The van der Waals surface area contributed by atoms with Crippen LogP contribution in [0, 0.1) is 0 Å². The number of hydrogen-bond acceptors (Lipinski definition) is 5. The van der Waals surface area contributed by atoms with Crippen LogP contribution in [-0.4, -0.2) is 33.0 Å². The second kappa shape index (κ2) is 9.78. The summed E-state index contributed by atoms with van der Waals surface area (Å²) in [5.41, 5.74) is 0.715. The van der Waals surface area contributed by atoms with Crippen molar-refractivity contribution in [2.24, 2.45) is 0 Å². The molecule has 1 N–H and O–H groups in total. The summed E-state index contributed by atoms with van der Waals surface area (Å²) in [5, 5.41) is 12.3. The summed E-state index contributed by atoms with van der Waals surface area (Å²) in [6.07, 6.45) is 7.97. The lowest BCUT2D eigenvalue weighted by atomic mass is 9.89. The molecule has 1 aliphatic carbocycles. The molecule has 150 valence electrons. The van der Waals surface area contributed by atoms with Gasteiger partial charge in [-0.3, -0.25) is 4.79 Å². The maximum absolute atomic E-state index is 12.6.